The summed E-state index contributed by atoms with van der Waals surface area (Å²) in [5.41, 5.74) is 0. The van der Waals surface area contributed by atoms with Crippen molar-refractivity contribution in [2.75, 3.05) is 39.6 Å². The molecule has 92 heavy (non-hydrogen) atoms. The topological polar surface area (TPSA) is 237 Å². The molecular formula is C73H142O17P2. The lowest BCUT2D eigenvalue weighted by atomic mass is 9.99. The first-order valence-electron chi connectivity index (χ1n) is 37.9. The Kier molecular flexibility index (Phi) is 62.4. The third-order valence-electron chi connectivity index (χ3n) is 17.6. The van der Waals surface area contributed by atoms with Crippen molar-refractivity contribution in [3.63, 3.8) is 0 Å². The molecule has 0 aliphatic rings. The molecule has 0 fully saturated rings. The number of ether oxygens (including phenoxy) is 4. The second-order valence-corrected chi connectivity index (χ2v) is 30.2. The molecule has 0 aromatic heterocycles. The highest BCUT2D eigenvalue weighted by Crippen LogP contribution is 2.45. The monoisotopic (exact) mass is 1350 g/mol. The van der Waals surface area contributed by atoms with Crippen molar-refractivity contribution in [3.8, 4) is 0 Å². The summed E-state index contributed by atoms with van der Waals surface area (Å²) < 4.78 is 68.4. The van der Waals surface area contributed by atoms with Crippen LogP contribution < -0.4 is 0 Å². The van der Waals surface area contributed by atoms with Crippen LogP contribution in [0.5, 0.6) is 0 Å². The zero-order chi connectivity index (χ0) is 68.0. The average molecular weight is 1350 g/mol. The van der Waals surface area contributed by atoms with E-state index in [1.807, 2.05) is 0 Å². The molecule has 0 spiro atoms. The summed E-state index contributed by atoms with van der Waals surface area (Å²) in [6, 6.07) is 0. The first-order chi connectivity index (χ1) is 44.3. The summed E-state index contributed by atoms with van der Waals surface area (Å²) >= 11 is 0. The van der Waals surface area contributed by atoms with Crippen molar-refractivity contribution < 1.29 is 80.2 Å². The van der Waals surface area contributed by atoms with Crippen molar-refractivity contribution in [1.82, 2.24) is 0 Å². The summed E-state index contributed by atoms with van der Waals surface area (Å²) in [5, 5.41) is 10.6. The molecule has 4 unspecified atom stereocenters. The first-order valence-corrected chi connectivity index (χ1v) is 40.9. The summed E-state index contributed by atoms with van der Waals surface area (Å²) in [4.78, 5) is 72.6. The summed E-state index contributed by atoms with van der Waals surface area (Å²) in [5.74, 6) is 0.251. The van der Waals surface area contributed by atoms with Crippen molar-refractivity contribution in [2.24, 2.45) is 17.8 Å². The summed E-state index contributed by atoms with van der Waals surface area (Å²) in [6.07, 6.45) is 48.4. The van der Waals surface area contributed by atoms with Crippen LogP contribution in [0.15, 0.2) is 0 Å². The molecule has 0 rings (SSSR count). The Labute approximate surface area is 562 Å². The van der Waals surface area contributed by atoms with Gasteiger partial charge < -0.3 is 33.8 Å². The number of phosphoric acid groups is 2. The number of carbonyl (C=O) groups is 4. The lowest BCUT2D eigenvalue weighted by Gasteiger charge is -2.21. The zero-order valence-corrected chi connectivity index (χ0v) is 61.8. The van der Waals surface area contributed by atoms with Gasteiger partial charge >= 0.3 is 39.5 Å². The summed E-state index contributed by atoms with van der Waals surface area (Å²) in [6.45, 7) is 11.9. The Morgan fingerprint density at radius 3 is 0.826 bits per heavy atom. The van der Waals surface area contributed by atoms with Gasteiger partial charge in [-0.2, -0.15) is 0 Å². The van der Waals surface area contributed by atoms with Gasteiger partial charge in [-0.05, 0) is 43.4 Å². The van der Waals surface area contributed by atoms with E-state index < -0.39 is 97.5 Å². The second-order valence-electron chi connectivity index (χ2n) is 27.3. The zero-order valence-electron chi connectivity index (χ0n) is 60.0. The third-order valence-corrected chi connectivity index (χ3v) is 19.5. The maximum Gasteiger partial charge on any atom is 0.472 e. The average Bonchev–Trinajstić information content (AvgIpc) is 1.56. The molecule has 0 aliphatic heterocycles. The van der Waals surface area contributed by atoms with Gasteiger partial charge in [-0.25, -0.2) is 9.13 Å². The predicted octanol–water partition coefficient (Wildman–Crippen LogP) is 21.0. The van der Waals surface area contributed by atoms with Crippen molar-refractivity contribution in [1.29, 1.82) is 0 Å². The standard InChI is InChI=1S/C73H142O17P2/c1-8-11-12-13-14-23-33-40-47-54-70(75)83-60-69(90-73(78)57-50-43-36-29-28-32-39-46-53-66(7)10-3)63-88-92(81,82)86-59-67(74)58-85-91(79,80)87-62-68(61-84-71(76)55-48-41-34-26-22-21-25-31-38-45-52-65(6)9-2)89-72(77)56-49-42-35-27-20-18-16-15-17-19-24-30-37-44-51-64(4)5/h64-69,74H,8-63H2,1-7H3,(H,79,80)(H,81,82)/t65?,66?,67-,68-,69-/m1/s1. The van der Waals surface area contributed by atoms with Gasteiger partial charge in [0.2, 0.25) is 0 Å². The number of rotatable bonds is 71. The minimum atomic E-state index is -4.96. The van der Waals surface area contributed by atoms with E-state index in [0.717, 1.165) is 108 Å². The minimum absolute atomic E-state index is 0.105. The normalized spacial score (nSPS) is 14.7. The third kappa shape index (κ3) is 64.1. The number of hydrogen-bond acceptors (Lipinski definition) is 15. The number of hydrogen-bond donors (Lipinski definition) is 3. The highest BCUT2D eigenvalue weighted by Gasteiger charge is 2.30. The van der Waals surface area contributed by atoms with Crippen molar-refractivity contribution in [2.45, 2.75) is 388 Å². The molecule has 0 radical (unpaired) electrons. The highest BCUT2D eigenvalue weighted by molar-refractivity contribution is 7.47. The Morgan fingerprint density at radius 2 is 0.554 bits per heavy atom. The summed E-state index contributed by atoms with van der Waals surface area (Å²) in [7, 11) is -9.91. The van der Waals surface area contributed by atoms with Gasteiger partial charge in [0, 0.05) is 25.7 Å². The first kappa shape index (κ1) is 90.1. The van der Waals surface area contributed by atoms with Gasteiger partial charge in [0.25, 0.3) is 0 Å². The Morgan fingerprint density at radius 1 is 0.315 bits per heavy atom. The SMILES string of the molecule is CCCCCCCCCCCC(=O)OC[C@H](COP(=O)(O)OC[C@H](O)COP(=O)(O)OC[C@@H](COC(=O)CCCCCCCCCCCCC(C)CC)OC(=O)CCCCCCCCCCCCCCCCC(C)C)OC(=O)CCCCCCCCCCC(C)CC. The van der Waals surface area contributed by atoms with Crippen molar-refractivity contribution >= 4 is 39.5 Å². The largest absolute Gasteiger partial charge is 0.472 e. The molecule has 0 saturated carbocycles. The molecule has 17 nitrogen and oxygen atoms in total. The highest BCUT2D eigenvalue weighted by atomic mass is 31.2. The Hall–Kier alpha value is -1.94. The fraction of sp³-hybridized carbons (Fsp3) is 0.945. The van der Waals surface area contributed by atoms with E-state index in [1.54, 1.807) is 0 Å². The lowest BCUT2D eigenvalue weighted by molar-refractivity contribution is -0.161. The van der Waals surface area contributed by atoms with Crippen LogP contribution in [0.3, 0.4) is 0 Å². The van der Waals surface area contributed by atoms with Crippen molar-refractivity contribution in [3.05, 3.63) is 0 Å². The van der Waals surface area contributed by atoms with E-state index in [1.165, 1.54) is 180 Å². The number of aliphatic hydroxyl groups is 1. The van der Waals surface area contributed by atoms with E-state index in [9.17, 15) is 43.2 Å². The molecule has 0 aromatic carbocycles. The number of unbranched alkanes of at least 4 members (excludes halogenated alkanes) is 37. The molecule has 3 N–H and O–H groups in total. The minimum Gasteiger partial charge on any atom is -0.462 e. The van der Waals surface area contributed by atoms with Crippen LogP contribution in [0.4, 0.5) is 0 Å². The van der Waals surface area contributed by atoms with E-state index in [-0.39, 0.29) is 25.7 Å². The number of carbonyl (C=O) groups excluding carboxylic acids is 4. The fourth-order valence-corrected chi connectivity index (χ4v) is 12.6. The van der Waals surface area contributed by atoms with Crippen LogP contribution in [0.25, 0.3) is 0 Å². The molecule has 7 atom stereocenters. The number of phosphoric ester groups is 2. The van der Waals surface area contributed by atoms with Gasteiger partial charge in [0.15, 0.2) is 12.2 Å². The molecule has 0 heterocycles. The molecule has 0 bridgehead atoms. The van der Waals surface area contributed by atoms with Crippen LogP contribution in [-0.4, -0.2) is 96.7 Å². The quantitative estimate of drug-likeness (QED) is 0.0222. The smallest absolute Gasteiger partial charge is 0.462 e. The molecule has 19 heteroatoms. The van der Waals surface area contributed by atoms with Crippen LogP contribution >= 0.6 is 15.6 Å². The fourth-order valence-electron chi connectivity index (χ4n) is 11.0. The van der Waals surface area contributed by atoms with Gasteiger partial charge in [-0.15, -0.1) is 0 Å². The van der Waals surface area contributed by atoms with E-state index in [4.69, 9.17) is 37.0 Å². The van der Waals surface area contributed by atoms with Crippen LogP contribution in [-0.2, 0) is 65.4 Å². The lowest BCUT2D eigenvalue weighted by Crippen LogP contribution is -2.30. The van der Waals surface area contributed by atoms with Crippen LogP contribution in [0.1, 0.15) is 370 Å². The maximum atomic E-state index is 13.1. The molecular weight excluding hydrogens is 1210 g/mol. The van der Waals surface area contributed by atoms with Gasteiger partial charge in [0.1, 0.15) is 19.3 Å². The predicted molar refractivity (Wildman–Crippen MR) is 372 cm³/mol. The van der Waals surface area contributed by atoms with E-state index in [0.29, 0.717) is 25.7 Å². The molecule has 0 aliphatic carbocycles. The maximum absolute atomic E-state index is 13.1. The van der Waals surface area contributed by atoms with E-state index in [2.05, 4.69) is 48.5 Å². The van der Waals surface area contributed by atoms with Gasteiger partial charge in [0.05, 0.1) is 26.4 Å². The van der Waals surface area contributed by atoms with Crippen LogP contribution in [0.2, 0.25) is 0 Å². The molecule has 0 amide bonds. The molecule has 546 valence electrons. The van der Waals surface area contributed by atoms with E-state index >= 15 is 0 Å². The van der Waals surface area contributed by atoms with Gasteiger partial charge in [-0.3, -0.25) is 37.3 Å². The van der Waals surface area contributed by atoms with Crippen LogP contribution in [0, 0.1) is 17.8 Å². The van der Waals surface area contributed by atoms with Gasteiger partial charge in [-0.1, -0.05) is 318 Å². The number of esters is 4. The Bertz CT molecular complexity index is 1810. The molecule has 0 aromatic rings. The second kappa shape index (κ2) is 63.8. The molecule has 0 saturated heterocycles. The number of aliphatic hydroxyl groups excluding tert-OH is 1. The Balaban J connectivity index is 5.25.